The molecule has 0 fully saturated rings. The number of hydrogen-bond donors (Lipinski definition) is 3. The van der Waals surface area contributed by atoms with Crippen LogP contribution in [0.15, 0.2) is 24.3 Å². The van der Waals surface area contributed by atoms with Gasteiger partial charge in [0.15, 0.2) is 0 Å². The predicted octanol–water partition coefficient (Wildman–Crippen LogP) is 0.491. The van der Waals surface area contributed by atoms with Gasteiger partial charge in [0.05, 0.1) is 11.6 Å². The Morgan fingerprint density at radius 2 is 1.89 bits per heavy atom. The van der Waals surface area contributed by atoms with E-state index in [4.69, 9.17) is 5.73 Å². The molecule has 0 radical (unpaired) electrons. The molecule has 0 aliphatic rings. The number of phenolic OH excluding ortho intramolecular Hbond substituents is 1. The van der Waals surface area contributed by atoms with Crippen molar-refractivity contribution < 1.29 is 15.0 Å². The molecule has 0 unspecified atom stereocenters. The molecule has 1 aromatic carbocycles. The van der Waals surface area contributed by atoms with Gasteiger partial charge >= 0.3 is 0 Å². The van der Waals surface area contributed by atoms with Crippen LogP contribution < -0.4 is 5.73 Å². The number of phenols is 1. The van der Waals surface area contributed by atoms with Gasteiger partial charge in [-0.3, -0.25) is 4.79 Å². The molecule has 5 heteroatoms. The van der Waals surface area contributed by atoms with Gasteiger partial charge in [0.2, 0.25) is 5.91 Å². The summed E-state index contributed by atoms with van der Waals surface area (Å²) in [6.45, 7) is 3.51. The number of aliphatic hydroxyl groups is 1. The Morgan fingerprint density at radius 3 is 2.37 bits per heavy atom. The molecule has 19 heavy (non-hydrogen) atoms. The van der Waals surface area contributed by atoms with Crippen LogP contribution in [0.1, 0.15) is 19.4 Å². The zero-order valence-corrected chi connectivity index (χ0v) is 11.6. The topological polar surface area (TPSA) is 86.8 Å². The zero-order chi connectivity index (χ0) is 14.6. The van der Waals surface area contributed by atoms with Crippen LogP contribution in [0.5, 0.6) is 5.75 Å². The number of nitrogens with two attached hydrogens (primary N) is 1. The number of carbonyl (C=O) groups excluding carboxylic acids is 1. The Hall–Kier alpha value is -1.59. The van der Waals surface area contributed by atoms with E-state index in [1.165, 1.54) is 4.90 Å². The average molecular weight is 266 g/mol. The van der Waals surface area contributed by atoms with E-state index < -0.39 is 11.6 Å². The summed E-state index contributed by atoms with van der Waals surface area (Å²) < 4.78 is 0. The molecule has 106 valence electrons. The molecule has 1 amide bonds. The third kappa shape index (κ3) is 5.28. The summed E-state index contributed by atoms with van der Waals surface area (Å²) in [6, 6.07) is 5.94. The molecule has 0 bridgehead atoms. The van der Waals surface area contributed by atoms with E-state index in [9.17, 15) is 15.0 Å². The quantitative estimate of drug-likeness (QED) is 0.724. The second-order valence-electron chi connectivity index (χ2n) is 5.48. The lowest BCUT2D eigenvalue weighted by molar-refractivity contribution is -0.133. The summed E-state index contributed by atoms with van der Waals surface area (Å²) in [5, 5.41) is 18.9. The smallest absolute Gasteiger partial charge is 0.239 e. The molecular weight excluding hydrogens is 244 g/mol. The normalized spacial score (nSPS) is 13.1. The van der Waals surface area contributed by atoms with Crippen LogP contribution in [0.2, 0.25) is 0 Å². The molecular formula is C14H22N2O3. The lowest BCUT2D eigenvalue weighted by Gasteiger charge is -2.27. The van der Waals surface area contributed by atoms with E-state index in [1.807, 2.05) is 0 Å². The molecule has 4 N–H and O–H groups in total. The maximum atomic E-state index is 12.0. The van der Waals surface area contributed by atoms with Gasteiger partial charge in [-0.2, -0.15) is 0 Å². The minimum Gasteiger partial charge on any atom is -0.508 e. The van der Waals surface area contributed by atoms with Gasteiger partial charge in [-0.1, -0.05) is 12.1 Å². The summed E-state index contributed by atoms with van der Waals surface area (Å²) in [7, 11) is 1.62. The molecule has 0 aliphatic carbocycles. The zero-order valence-electron chi connectivity index (χ0n) is 11.6. The fourth-order valence-corrected chi connectivity index (χ4v) is 1.91. The van der Waals surface area contributed by atoms with Crippen LogP contribution in [-0.2, 0) is 11.2 Å². The van der Waals surface area contributed by atoms with Gasteiger partial charge in [-0.15, -0.1) is 0 Å². The number of hydrogen-bond acceptors (Lipinski definition) is 4. The largest absolute Gasteiger partial charge is 0.508 e. The van der Waals surface area contributed by atoms with E-state index >= 15 is 0 Å². The number of rotatable bonds is 5. The highest BCUT2D eigenvalue weighted by Crippen LogP contribution is 2.12. The third-order valence-corrected chi connectivity index (χ3v) is 2.71. The Labute approximate surface area is 113 Å². The number of nitrogens with zero attached hydrogens (tertiary/aromatic N) is 1. The summed E-state index contributed by atoms with van der Waals surface area (Å²) in [6.07, 6.45) is 0.398. The molecule has 1 rings (SSSR count). The lowest BCUT2D eigenvalue weighted by Crippen LogP contribution is -2.47. The monoisotopic (exact) mass is 266 g/mol. The van der Waals surface area contributed by atoms with Crippen LogP contribution in [-0.4, -0.2) is 46.3 Å². The maximum Gasteiger partial charge on any atom is 0.239 e. The first-order valence-electron chi connectivity index (χ1n) is 6.20. The van der Waals surface area contributed by atoms with Crippen molar-refractivity contribution in [3.05, 3.63) is 29.8 Å². The minimum absolute atomic E-state index is 0.183. The molecule has 0 saturated heterocycles. The van der Waals surface area contributed by atoms with Crippen molar-refractivity contribution in [3.8, 4) is 5.75 Å². The van der Waals surface area contributed by atoms with Crippen molar-refractivity contribution >= 4 is 5.91 Å². The average Bonchev–Trinajstić information content (AvgIpc) is 2.28. The van der Waals surface area contributed by atoms with Crippen molar-refractivity contribution in [2.24, 2.45) is 5.73 Å². The maximum absolute atomic E-state index is 12.0. The molecule has 0 heterocycles. The van der Waals surface area contributed by atoms with E-state index in [0.29, 0.717) is 6.42 Å². The van der Waals surface area contributed by atoms with Crippen LogP contribution in [0.25, 0.3) is 0 Å². The van der Waals surface area contributed by atoms with Gasteiger partial charge in [0.25, 0.3) is 0 Å². The number of amides is 1. The number of carbonyl (C=O) groups is 1. The fourth-order valence-electron chi connectivity index (χ4n) is 1.91. The second-order valence-corrected chi connectivity index (χ2v) is 5.48. The molecule has 5 nitrogen and oxygen atoms in total. The van der Waals surface area contributed by atoms with Gasteiger partial charge in [-0.25, -0.2) is 0 Å². The van der Waals surface area contributed by atoms with Gasteiger partial charge in [0, 0.05) is 13.6 Å². The van der Waals surface area contributed by atoms with Crippen molar-refractivity contribution in [3.63, 3.8) is 0 Å². The summed E-state index contributed by atoms with van der Waals surface area (Å²) in [5.74, 6) is -0.0296. The fraction of sp³-hybridized carbons (Fsp3) is 0.500. The van der Waals surface area contributed by atoms with Crippen LogP contribution >= 0.6 is 0 Å². The Bertz CT molecular complexity index is 423. The van der Waals surface area contributed by atoms with E-state index in [1.54, 1.807) is 45.2 Å². The van der Waals surface area contributed by atoms with Crippen molar-refractivity contribution in [2.75, 3.05) is 13.6 Å². The summed E-state index contributed by atoms with van der Waals surface area (Å²) in [5.41, 5.74) is 5.81. The van der Waals surface area contributed by atoms with Crippen molar-refractivity contribution in [1.82, 2.24) is 4.90 Å². The number of likely N-dealkylation sites (N-methyl/N-ethyl adjacent to an activating group) is 1. The first-order chi connectivity index (χ1) is 8.69. The Morgan fingerprint density at radius 1 is 1.37 bits per heavy atom. The second kappa shape index (κ2) is 6.04. The van der Waals surface area contributed by atoms with E-state index in [0.717, 1.165) is 5.56 Å². The van der Waals surface area contributed by atoms with Gasteiger partial charge in [-0.05, 0) is 38.0 Å². The summed E-state index contributed by atoms with van der Waals surface area (Å²) >= 11 is 0. The predicted molar refractivity (Wildman–Crippen MR) is 73.7 cm³/mol. The highest BCUT2D eigenvalue weighted by molar-refractivity contribution is 5.81. The molecule has 0 aromatic heterocycles. The molecule has 1 aromatic rings. The van der Waals surface area contributed by atoms with Gasteiger partial charge in [0.1, 0.15) is 5.75 Å². The number of aromatic hydroxyl groups is 1. The molecule has 1 atom stereocenters. The lowest BCUT2D eigenvalue weighted by atomic mass is 10.0. The highest BCUT2D eigenvalue weighted by Gasteiger charge is 2.23. The standard InChI is InChI=1S/C14H22N2O3/c1-14(2,19)9-16(3)13(18)12(15)8-10-4-6-11(17)7-5-10/h4-7,12,17,19H,8-9,15H2,1-3H3/t12-/m0/s1. The van der Waals surface area contributed by atoms with Crippen LogP contribution in [0.4, 0.5) is 0 Å². The molecule has 0 saturated carbocycles. The highest BCUT2D eigenvalue weighted by atomic mass is 16.3. The van der Waals surface area contributed by atoms with E-state index in [-0.39, 0.29) is 18.2 Å². The number of benzene rings is 1. The van der Waals surface area contributed by atoms with E-state index in [2.05, 4.69) is 0 Å². The first kappa shape index (κ1) is 15.5. The van der Waals surface area contributed by atoms with Crippen LogP contribution in [0.3, 0.4) is 0 Å². The summed E-state index contributed by atoms with van der Waals surface area (Å²) in [4.78, 5) is 13.5. The molecule has 0 spiro atoms. The van der Waals surface area contributed by atoms with Crippen molar-refractivity contribution in [1.29, 1.82) is 0 Å². The Kier molecular flexibility index (Phi) is 4.91. The SMILES string of the molecule is CN(CC(C)(C)O)C(=O)[C@@H](N)Cc1ccc(O)cc1. The van der Waals surface area contributed by atoms with Crippen molar-refractivity contribution in [2.45, 2.75) is 31.9 Å². The third-order valence-electron chi connectivity index (χ3n) is 2.71. The first-order valence-corrected chi connectivity index (χ1v) is 6.20. The van der Waals surface area contributed by atoms with Gasteiger partial charge < -0.3 is 20.8 Å². The minimum atomic E-state index is -0.942. The van der Waals surface area contributed by atoms with Crippen LogP contribution in [0, 0.1) is 0 Å². The molecule has 0 aliphatic heterocycles. The Balaban J connectivity index is 2.59.